The molecule has 1 heterocycles. The molecular formula is C13H14N2O10. The lowest BCUT2D eigenvalue weighted by molar-refractivity contribution is -0.134. The smallest absolute Gasteiger partial charge is 0.348 e. The highest BCUT2D eigenvalue weighted by Crippen LogP contribution is 1.94. The Balaban J connectivity index is 0. The van der Waals surface area contributed by atoms with Gasteiger partial charge in [0.05, 0.1) is 0 Å². The van der Waals surface area contributed by atoms with Crippen LogP contribution in [0.25, 0.3) is 0 Å². The minimum absolute atomic E-state index is 0.319. The number of carboxylic acid groups (broad SMARTS) is 4. The van der Waals surface area contributed by atoms with Gasteiger partial charge in [0.25, 0.3) is 5.91 Å². The lowest BCUT2D eigenvalue weighted by Gasteiger charge is -1.85. The Morgan fingerprint density at radius 2 is 1.16 bits per heavy atom. The average Bonchev–Trinajstić information content (AvgIpc) is 2.82. The highest BCUT2D eigenvalue weighted by atomic mass is 16.4. The van der Waals surface area contributed by atoms with Gasteiger partial charge in [-0.15, -0.1) is 0 Å². The molecule has 136 valence electrons. The van der Waals surface area contributed by atoms with Crippen molar-refractivity contribution in [3.8, 4) is 0 Å². The average molecular weight is 358 g/mol. The summed E-state index contributed by atoms with van der Waals surface area (Å²) >= 11 is 0. The van der Waals surface area contributed by atoms with Crippen LogP contribution in [0.5, 0.6) is 0 Å². The zero-order valence-electron chi connectivity index (χ0n) is 12.7. The molecule has 0 saturated heterocycles. The molecule has 0 atom stereocenters. The first-order valence-corrected chi connectivity index (χ1v) is 6.20. The first-order chi connectivity index (χ1) is 11.5. The number of amides is 3. The van der Waals surface area contributed by atoms with E-state index in [9.17, 15) is 28.8 Å². The molecule has 12 heteroatoms. The molecule has 3 amide bonds. The summed E-state index contributed by atoms with van der Waals surface area (Å²) in [5.74, 6) is -5.39. The number of hydrogen-bond donors (Lipinski definition) is 5. The van der Waals surface area contributed by atoms with Crippen LogP contribution in [0.3, 0.4) is 0 Å². The van der Waals surface area contributed by atoms with Gasteiger partial charge >= 0.3 is 29.9 Å². The Bertz CT molecular complexity index is 579. The van der Waals surface area contributed by atoms with Crippen molar-refractivity contribution < 1.29 is 49.2 Å². The van der Waals surface area contributed by atoms with Gasteiger partial charge in [0, 0.05) is 24.3 Å². The monoisotopic (exact) mass is 358 g/mol. The van der Waals surface area contributed by atoms with Crippen LogP contribution in [-0.4, -0.2) is 62.0 Å². The molecule has 1 aliphatic rings. The summed E-state index contributed by atoms with van der Waals surface area (Å²) in [6.07, 6.45) is 2.74. The number of carboxylic acids is 4. The van der Waals surface area contributed by atoms with Gasteiger partial charge in [0.2, 0.25) is 0 Å². The third-order valence-corrected chi connectivity index (χ3v) is 1.79. The summed E-state index contributed by atoms with van der Waals surface area (Å²) in [6, 6.07) is -0.545. The molecular weight excluding hydrogens is 344 g/mol. The Labute approximate surface area is 139 Å². The van der Waals surface area contributed by atoms with Crippen LogP contribution < -0.4 is 5.32 Å². The molecule has 5 N–H and O–H groups in total. The fourth-order valence-corrected chi connectivity index (χ4v) is 0.895. The third kappa shape index (κ3) is 16.4. The normalized spacial score (nSPS) is 12.4. The van der Waals surface area contributed by atoms with Crippen LogP contribution in [0.15, 0.2) is 29.3 Å². The van der Waals surface area contributed by atoms with Gasteiger partial charge in [0.15, 0.2) is 0 Å². The maximum absolute atomic E-state index is 10.6. The molecule has 0 spiro atoms. The Kier molecular flexibility index (Phi) is 11.9. The number of carbonyl (C=O) groups excluding carboxylic acids is 2. The highest BCUT2D eigenvalue weighted by molar-refractivity contribution is 6.46. The van der Waals surface area contributed by atoms with E-state index in [2.05, 4.69) is 4.99 Å². The molecule has 0 unspecified atom stereocenters. The number of urea groups is 1. The standard InChI is InChI=1S/C5H6N2O2.2C4H4O4/c1-2-3-4(8)7-5(9)6-3;2*5-3(6)1-2-4(7)8/h2H2,1H3,(H,7,8,9);2*1-2H,(H,5,6)(H,7,8)/b;2*2-1+. The van der Waals surface area contributed by atoms with Crippen molar-refractivity contribution in [2.24, 2.45) is 4.99 Å². The molecule has 0 saturated carbocycles. The molecule has 0 bridgehead atoms. The van der Waals surface area contributed by atoms with Gasteiger partial charge < -0.3 is 20.4 Å². The van der Waals surface area contributed by atoms with Gasteiger partial charge in [-0.3, -0.25) is 10.1 Å². The molecule has 0 aromatic carbocycles. The Morgan fingerprint density at radius 3 is 1.28 bits per heavy atom. The molecule has 0 aromatic heterocycles. The quantitative estimate of drug-likeness (QED) is 0.398. The van der Waals surface area contributed by atoms with Gasteiger partial charge in [-0.1, -0.05) is 6.92 Å². The summed E-state index contributed by atoms with van der Waals surface area (Å²) in [5.41, 5.74) is 0.319. The van der Waals surface area contributed by atoms with E-state index in [1.807, 2.05) is 5.32 Å². The number of aliphatic imine (C=N–C) groups is 1. The molecule has 12 nitrogen and oxygen atoms in total. The van der Waals surface area contributed by atoms with Gasteiger partial charge in [-0.25, -0.2) is 24.0 Å². The van der Waals surface area contributed by atoms with Crippen molar-refractivity contribution in [2.75, 3.05) is 0 Å². The molecule has 0 aliphatic carbocycles. The van der Waals surface area contributed by atoms with E-state index in [0.717, 1.165) is 0 Å². The Morgan fingerprint density at radius 1 is 0.840 bits per heavy atom. The van der Waals surface area contributed by atoms with E-state index in [-0.39, 0.29) is 5.91 Å². The second kappa shape index (κ2) is 12.7. The molecule has 0 aromatic rings. The number of rotatable bonds is 5. The summed E-state index contributed by atoms with van der Waals surface area (Å²) in [5, 5.41) is 33.3. The summed E-state index contributed by atoms with van der Waals surface area (Å²) in [4.78, 5) is 62.5. The summed E-state index contributed by atoms with van der Waals surface area (Å²) < 4.78 is 0. The van der Waals surface area contributed by atoms with E-state index in [1.165, 1.54) is 0 Å². The number of carbonyl (C=O) groups is 6. The van der Waals surface area contributed by atoms with E-state index < -0.39 is 29.9 Å². The van der Waals surface area contributed by atoms with Crippen LogP contribution in [0.1, 0.15) is 13.3 Å². The second-order valence-corrected chi connectivity index (χ2v) is 3.69. The van der Waals surface area contributed by atoms with Gasteiger partial charge in [-0.05, 0) is 6.42 Å². The Hall–Kier alpha value is -3.83. The third-order valence-electron chi connectivity index (χ3n) is 1.79. The minimum Gasteiger partial charge on any atom is -0.478 e. The molecule has 0 fully saturated rings. The largest absolute Gasteiger partial charge is 0.478 e. The van der Waals surface area contributed by atoms with E-state index >= 15 is 0 Å². The molecule has 1 rings (SSSR count). The number of nitrogens with zero attached hydrogens (tertiary/aromatic N) is 1. The lowest BCUT2D eigenvalue weighted by atomic mass is 10.3. The van der Waals surface area contributed by atoms with Crippen LogP contribution >= 0.6 is 0 Å². The lowest BCUT2D eigenvalue weighted by Crippen LogP contribution is -2.24. The highest BCUT2D eigenvalue weighted by Gasteiger charge is 2.20. The van der Waals surface area contributed by atoms with E-state index in [4.69, 9.17) is 20.4 Å². The van der Waals surface area contributed by atoms with E-state index in [1.54, 1.807) is 6.92 Å². The van der Waals surface area contributed by atoms with Gasteiger partial charge in [0.1, 0.15) is 5.71 Å². The summed E-state index contributed by atoms with van der Waals surface area (Å²) in [7, 11) is 0. The summed E-state index contributed by atoms with van der Waals surface area (Å²) in [6.45, 7) is 1.77. The fraction of sp³-hybridized carbons (Fsp3) is 0.154. The van der Waals surface area contributed by atoms with Crippen molar-refractivity contribution in [1.29, 1.82) is 0 Å². The first kappa shape index (κ1) is 23.4. The first-order valence-electron chi connectivity index (χ1n) is 6.20. The predicted molar refractivity (Wildman–Crippen MR) is 80.1 cm³/mol. The zero-order chi connectivity index (χ0) is 20.0. The van der Waals surface area contributed by atoms with Crippen LogP contribution in [-0.2, 0) is 24.0 Å². The second-order valence-electron chi connectivity index (χ2n) is 3.69. The molecule has 0 radical (unpaired) electrons. The maximum atomic E-state index is 10.6. The van der Waals surface area contributed by atoms with Crippen LogP contribution in [0.2, 0.25) is 0 Å². The van der Waals surface area contributed by atoms with Crippen LogP contribution in [0.4, 0.5) is 4.79 Å². The van der Waals surface area contributed by atoms with Crippen molar-refractivity contribution in [3.63, 3.8) is 0 Å². The molecule has 25 heavy (non-hydrogen) atoms. The minimum atomic E-state index is -1.26. The number of aliphatic carboxylic acids is 4. The van der Waals surface area contributed by atoms with Crippen molar-refractivity contribution in [3.05, 3.63) is 24.3 Å². The fourth-order valence-electron chi connectivity index (χ4n) is 0.895. The van der Waals surface area contributed by atoms with Gasteiger partial charge in [-0.2, -0.15) is 4.99 Å². The zero-order valence-corrected chi connectivity index (χ0v) is 12.7. The predicted octanol–water partition coefficient (Wildman–Crippen LogP) is -0.489. The number of imide groups is 1. The number of hydrogen-bond acceptors (Lipinski definition) is 6. The molecule has 1 aliphatic heterocycles. The van der Waals surface area contributed by atoms with Crippen molar-refractivity contribution in [1.82, 2.24) is 5.32 Å². The van der Waals surface area contributed by atoms with Crippen LogP contribution in [0, 0.1) is 0 Å². The van der Waals surface area contributed by atoms with Crippen molar-refractivity contribution in [2.45, 2.75) is 13.3 Å². The topological polar surface area (TPSA) is 208 Å². The van der Waals surface area contributed by atoms with Crippen molar-refractivity contribution >= 4 is 41.5 Å². The maximum Gasteiger partial charge on any atom is 0.348 e. The SMILES string of the molecule is CCC1=NC(=O)NC1=O.O=C(O)/C=C/C(=O)O.O=C(O)/C=C/C(=O)O. The van der Waals surface area contributed by atoms with E-state index in [0.29, 0.717) is 36.4 Å². The number of nitrogens with one attached hydrogen (secondary N) is 1.